The third-order valence-corrected chi connectivity index (χ3v) is 6.16. The molecule has 1 aromatic carbocycles. The van der Waals surface area contributed by atoms with E-state index >= 15 is 0 Å². The first-order valence-corrected chi connectivity index (χ1v) is 10.6. The number of aliphatic imine (C=N–C) groups is 1. The molecule has 0 radical (unpaired) electrons. The third kappa shape index (κ3) is 5.82. The summed E-state index contributed by atoms with van der Waals surface area (Å²) < 4.78 is 25.5. The highest BCUT2D eigenvalue weighted by atomic mass is 19.1. The predicted octanol–water partition coefficient (Wildman–Crippen LogP) is 2.95. The third-order valence-electron chi connectivity index (χ3n) is 6.16. The van der Waals surface area contributed by atoms with Gasteiger partial charge >= 0.3 is 0 Å². The molecular weight excluding hydrogens is 371 g/mol. The van der Waals surface area contributed by atoms with Crippen LogP contribution in [0.3, 0.4) is 0 Å². The molecule has 2 fully saturated rings. The number of nitrogens with zero attached hydrogens (tertiary/aromatic N) is 2. The van der Waals surface area contributed by atoms with Gasteiger partial charge in [0.25, 0.3) is 0 Å². The molecule has 162 valence electrons. The molecule has 0 amide bonds. The van der Waals surface area contributed by atoms with Crippen LogP contribution in [0.4, 0.5) is 4.39 Å². The molecule has 6 nitrogen and oxygen atoms in total. The first-order valence-electron chi connectivity index (χ1n) is 10.6. The Morgan fingerprint density at radius 3 is 2.66 bits per heavy atom. The standard InChI is InChI=1S/C22H35FN4O2/c1-16(18-7-8-20(19(23)13-18)29-14-17-5-6-17)26-21(24-2)25-15-22(27(3)4)9-11-28-12-10-22/h7-8,13,16-17H,5-6,9-12,14-15H2,1-4H3,(H2,24,25,26). The van der Waals surface area contributed by atoms with Crippen molar-refractivity contribution in [3.63, 3.8) is 0 Å². The smallest absolute Gasteiger partial charge is 0.191 e. The fourth-order valence-electron chi connectivity index (χ4n) is 3.66. The maximum absolute atomic E-state index is 14.4. The summed E-state index contributed by atoms with van der Waals surface area (Å²) >= 11 is 0. The second-order valence-corrected chi connectivity index (χ2v) is 8.47. The molecule has 1 aliphatic carbocycles. The van der Waals surface area contributed by atoms with E-state index in [1.165, 1.54) is 12.8 Å². The molecule has 1 saturated carbocycles. The molecule has 0 spiro atoms. The quantitative estimate of drug-likeness (QED) is 0.514. The van der Waals surface area contributed by atoms with Gasteiger partial charge < -0.3 is 25.0 Å². The van der Waals surface area contributed by atoms with Crippen LogP contribution >= 0.6 is 0 Å². The van der Waals surface area contributed by atoms with Crippen molar-refractivity contribution in [1.29, 1.82) is 0 Å². The summed E-state index contributed by atoms with van der Waals surface area (Å²) in [7, 11) is 5.98. The minimum atomic E-state index is -0.312. The molecule has 29 heavy (non-hydrogen) atoms. The lowest BCUT2D eigenvalue weighted by Gasteiger charge is -2.43. The van der Waals surface area contributed by atoms with Gasteiger partial charge in [-0.3, -0.25) is 4.99 Å². The van der Waals surface area contributed by atoms with Gasteiger partial charge in [0.2, 0.25) is 0 Å². The fourth-order valence-corrected chi connectivity index (χ4v) is 3.66. The van der Waals surface area contributed by atoms with E-state index in [1.807, 2.05) is 13.0 Å². The second-order valence-electron chi connectivity index (χ2n) is 8.47. The molecule has 1 saturated heterocycles. The summed E-state index contributed by atoms with van der Waals surface area (Å²) in [4.78, 5) is 6.62. The molecule has 0 bridgehead atoms. The Bertz CT molecular complexity index is 700. The number of likely N-dealkylation sites (N-methyl/N-ethyl adjacent to an activating group) is 1. The zero-order chi connectivity index (χ0) is 20.9. The number of rotatable bonds is 8. The minimum Gasteiger partial charge on any atom is -0.490 e. The molecule has 2 aliphatic rings. The van der Waals surface area contributed by atoms with Crippen molar-refractivity contribution in [2.75, 3.05) is 47.5 Å². The van der Waals surface area contributed by atoms with Crippen LogP contribution in [0.5, 0.6) is 5.75 Å². The number of ether oxygens (including phenoxy) is 2. The van der Waals surface area contributed by atoms with Gasteiger partial charge in [-0.2, -0.15) is 0 Å². The van der Waals surface area contributed by atoms with Gasteiger partial charge in [0.1, 0.15) is 0 Å². The average molecular weight is 407 g/mol. The molecule has 2 N–H and O–H groups in total. The largest absolute Gasteiger partial charge is 0.490 e. The van der Waals surface area contributed by atoms with Crippen LogP contribution in [0.2, 0.25) is 0 Å². The van der Waals surface area contributed by atoms with E-state index in [0.29, 0.717) is 24.2 Å². The predicted molar refractivity (Wildman–Crippen MR) is 114 cm³/mol. The first-order chi connectivity index (χ1) is 13.9. The SMILES string of the molecule is CN=C(NCC1(N(C)C)CCOCC1)NC(C)c1ccc(OCC2CC2)c(F)c1. The van der Waals surface area contributed by atoms with Crippen molar-refractivity contribution in [2.45, 2.75) is 44.2 Å². The van der Waals surface area contributed by atoms with Crippen LogP contribution in [0, 0.1) is 11.7 Å². The summed E-state index contributed by atoms with van der Waals surface area (Å²) in [5, 5.41) is 6.82. The summed E-state index contributed by atoms with van der Waals surface area (Å²) in [5.74, 6) is 1.33. The van der Waals surface area contributed by atoms with E-state index in [1.54, 1.807) is 19.2 Å². The number of benzene rings is 1. The van der Waals surface area contributed by atoms with Crippen molar-refractivity contribution in [2.24, 2.45) is 10.9 Å². The van der Waals surface area contributed by atoms with Crippen LogP contribution in [-0.2, 0) is 4.74 Å². The Kier molecular flexibility index (Phi) is 7.35. The van der Waals surface area contributed by atoms with Crippen LogP contribution in [0.15, 0.2) is 23.2 Å². The summed E-state index contributed by atoms with van der Waals surface area (Å²) in [6.07, 6.45) is 4.34. The molecule has 0 aromatic heterocycles. The maximum atomic E-state index is 14.4. The van der Waals surface area contributed by atoms with Crippen LogP contribution in [0.25, 0.3) is 0 Å². The molecule has 1 unspecified atom stereocenters. The van der Waals surface area contributed by atoms with E-state index < -0.39 is 0 Å². The summed E-state index contributed by atoms with van der Waals surface area (Å²) in [6.45, 7) is 4.94. The van der Waals surface area contributed by atoms with E-state index in [0.717, 1.165) is 38.2 Å². The summed E-state index contributed by atoms with van der Waals surface area (Å²) in [6, 6.07) is 5.10. The lowest BCUT2D eigenvalue weighted by molar-refractivity contribution is -0.00502. The summed E-state index contributed by atoms with van der Waals surface area (Å²) in [5.41, 5.74) is 0.906. The monoisotopic (exact) mass is 406 g/mol. The van der Waals surface area contributed by atoms with Gasteiger partial charge in [-0.1, -0.05) is 6.07 Å². The Hall–Kier alpha value is -1.86. The lowest BCUT2D eigenvalue weighted by atomic mass is 9.88. The van der Waals surface area contributed by atoms with E-state index in [-0.39, 0.29) is 17.4 Å². The lowest BCUT2D eigenvalue weighted by Crippen LogP contribution is -2.57. The first kappa shape index (κ1) is 21.8. The van der Waals surface area contributed by atoms with Crippen LogP contribution in [0.1, 0.15) is 44.2 Å². The molecule has 1 heterocycles. The Labute approximate surface area is 173 Å². The fraction of sp³-hybridized carbons (Fsp3) is 0.682. The minimum absolute atomic E-state index is 0.0474. The number of nitrogens with one attached hydrogen (secondary N) is 2. The second kappa shape index (κ2) is 9.76. The number of guanidine groups is 1. The van der Waals surface area contributed by atoms with E-state index in [9.17, 15) is 4.39 Å². The van der Waals surface area contributed by atoms with Crippen molar-refractivity contribution >= 4 is 5.96 Å². The molecule has 7 heteroatoms. The topological polar surface area (TPSA) is 58.1 Å². The van der Waals surface area contributed by atoms with Crippen molar-refractivity contribution in [3.8, 4) is 5.75 Å². The zero-order valence-electron chi connectivity index (χ0n) is 18.1. The highest BCUT2D eigenvalue weighted by Crippen LogP contribution is 2.30. The molecule has 1 atom stereocenters. The van der Waals surface area contributed by atoms with Crippen LogP contribution < -0.4 is 15.4 Å². The zero-order valence-corrected chi connectivity index (χ0v) is 18.1. The molecule has 1 aromatic rings. The van der Waals surface area contributed by atoms with Gasteiger partial charge in [-0.25, -0.2) is 4.39 Å². The Balaban J connectivity index is 1.56. The van der Waals surface area contributed by atoms with Gasteiger partial charge in [-0.15, -0.1) is 0 Å². The molecule has 3 rings (SSSR count). The molecule has 1 aliphatic heterocycles. The number of hydrogen-bond donors (Lipinski definition) is 2. The number of halogens is 1. The average Bonchev–Trinajstić information content (AvgIpc) is 3.55. The van der Waals surface area contributed by atoms with Gasteiger partial charge in [0.05, 0.1) is 12.6 Å². The van der Waals surface area contributed by atoms with Crippen molar-refractivity contribution in [1.82, 2.24) is 15.5 Å². The van der Waals surface area contributed by atoms with Gasteiger partial charge in [0, 0.05) is 32.3 Å². The van der Waals surface area contributed by atoms with Crippen molar-refractivity contribution in [3.05, 3.63) is 29.6 Å². The Morgan fingerprint density at radius 2 is 2.07 bits per heavy atom. The van der Waals surface area contributed by atoms with Crippen LogP contribution in [-0.4, -0.2) is 63.9 Å². The Morgan fingerprint density at radius 1 is 1.34 bits per heavy atom. The highest BCUT2D eigenvalue weighted by molar-refractivity contribution is 5.80. The molecular formula is C22H35FN4O2. The highest BCUT2D eigenvalue weighted by Gasteiger charge is 2.35. The normalized spacial score (nSPS) is 20.4. The van der Waals surface area contributed by atoms with Gasteiger partial charge in [-0.05, 0) is 70.3 Å². The van der Waals surface area contributed by atoms with E-state index in [4.69, 9.17) is 9.47 Å². The van der Waals surface area contributed by atoms with Gasteiger partial charge in [0.15, 0.2) is 17.5 Å². The van der Waals surface area contributed by atoms with Crippen molar-refractivity contribution < 1.29 is 13.9 Å². The number of hydrogen-bond acceptors (Lipinski definition) is 4. The van der Waals surface area contributed by atoms with E-state index in [2.05, 4.69) is 34.6 Å². The maximum Gasteiger partial charge on any atom is 0.191 e.